The summed E-state index contributed by atoms with van der Waals surface area (Å²) in [5.74, 6) is -3.62. The van der Waals surface area contributed by atoms with Crippen LogP contribution in [0.25, 0.3) is 0 Å². The molecular formula is C22H26O7. The first kappa shape index (κ1) is 21.0. The Bertz CT molecular complexity index is 851. The third kappa shape index (κ3) is 3.12. The minimum atomic E-state index is -1.14. The second-order valence-electron chi connectivity index (χ2n) is 8.18. The molecule has 0 aromatic carbocycles. The molecule has 2 aliphatic carbocycles. The molecule has 156 valence electrons. The van der Waals surface area contributed by atoms with Crippen molar-refractivity contribution in [1.29, 1.82) is 0 Å². The molecule has 7 heteroatoms. The minimum absolute atomic E-state index is 0.0252. The Morgan fingerprint density at radius 3 is 2.48 bits per heavy atom. The van der Waals surface area contributed by atoms with Crippen LogP contribution in [0, 0.1) is 23.2 Å². The predicted molar refractivity (Wildman–Crippen MR) is 102 cm³/mol. The highest BCUT2D eigenvalue weighted by atomic mass is 16.6. The van der Waals surface area contributed by atoms with Gasteiger partial charge in [-0.1, -0.05) is 25.7 Å². The van der Waals surface area contributed by atoms with E-state index in [-0.39, 0.29) is 23.2 Å². The lowest BCUT2D eigenvalue weighted by Gasteiger charge is -2.42. The number of ether oxygens (including phenoxy) is 3. The zero-order chi connectivity index (χ0) is 21.7. The lowest BCUT2D eigenvalue weighted by atomic mass is 9.67. The Morgan fingerprint density at radius 1 is 1.24 bits per heavy atom. The molecular weight excluding hydrogens is 376 g/mol. The molecule has 3 aliphatic rings. The fourth-order valence-electron chi connectivity index (χ4n) is 4.78. The number of allylic oxidation sites excluding steroid dienone is 3. The smallest absolute Gasteiger partial charge is 0.334 e. The maximum atomic E-state index is 13.0. The zero-order valence-electron chi connectivity index (χ0n) is 17.3. The number of rotatable bonds is 3. The molecule has 7 nitrogen and oxygen atoms in total. The Kier molecular flexibility index (Phi) is 5.28. The number of fused-ring (bicyclic) bond motifs is 3. The van der Waals surface area contributed by atoms with Gasteiger partial charge in [-0.15, -0.1) is 0 Å². The van der Waals surface area contributed by atoms with Gasteiger partial charge in [0, 0.05) is 24.0 Å². The predicted octanol–water partition coefficient (Wildman–Crippen LogP) is 2.31. The van der Waals surface area contributed by atoms with Gasteiger partial charge in [-0.05, 0) is 32.8 Å². The highest BCUT2D eigenvalue weighted by Gasteiger charge is 2.65. The monoisotopic (exact) mass is 402 g/mol. The number of carbonyl (C=O) groups excluding carboxylic acids is 4. The summed E-state index contributed by atoms with van der Waals surface area (Å²) in [5, 5.41) is 0. The molecule has 1 aliphatic heterocycles. The number of esters is 3. The van der Waals surface area contributed by atoms with Crippen LogP contribution >= 0.6 is 0 Å². The normalized spacial score (nSPS) is 38.8. The van der Waals surface area contributed by atoms with Crippen LogP contribution in [-0.2, 0) is 33.4 Å². The van der Waals surface area contributed by atoms with Gasteiger partial charge in [-0.3, -0.25) is 9.59 Å². The van der Waals surface area contributed by atoms with E-state index in [0.29, 0.717) is 5.57 Å². The largest absolute Gasteiger partial charge is 0.458 e. The molecule has 2 bridgehead atoms. The van der Waals surface area contributed by atoms with Gasteiger partial charge in [0.2, 0.25) is 0 Å². The van der Waals surface area contributed by atoms with Crippen LogP contribution < -0.4 is 0 Å². The van der Waals surface area contributed by atoms with Crippen molar-refractivity contribution in [3.63, 3.8) is 0 Å². The van der Waals surface area contributed by atoms with Crippen molar-refractivity contribution in [3.05, 3.63) is 36.0 Å². The van der Waals surface area contributed by atoms with Crippen molar-refractivity contribution in [2.45, 2.75) is 52.9 Å². The Hall–Kier alpha value is -2.70. The fourth-order valence-corrected chi connectivity index (χ4v) is 4.78. The van der Waals surface area contributed by atoms with Gasteiger partial charge in [0.25, 0.3) is 0 Å². The van der Waals surface area contributed by atoms with Crippen molar-refractivity contribution >= 4 is 23.7 Å². The van der Waals surface area contributed by atoms with Crippen LogP contribution in [0.3, 0.4) is 0 Å². The Morgan fingerprint density at radius 2 is 1.90 bits per heavy atom. The molecule has 0 radical (unpaired) electrons. The molecule has 29 heavy (non-hydrogen) atoms. The van der Waals surface area contributed by atoms with Crippen LogP contribution in [0.5, 0.6) is 0 Å². The quantitative estimate of drug-likeness (QED) is 0.406. The van der Waals surface area contributed by atoms with Gasteiger partial charge >= 0.3 is 17.9 Å². The third-order valence-electron chi connectivity index (χ3n) is 6.56. The fraction of sp³-hybridized carbons (Fsp3) is 0.545. The van der Waals surface area contributed by atoms with E-state index in [2.05, 4.69) is 6.58 Å². The van der Waals surface area contributed by atoms with Crippen LogP contribution in [0.1, 0.15) is 34.6 Å². The molecule has 0 spiro atoms. The van der Waals surface area contributed by atoms with Gasteiger partial charge < -0.3 is 14.2 Å². The number of carbonyl (C=O) groups is 4. The summed E-state index contributed by atoms with van der Waals surface area (Å²) in [5.41, 5.74) is -0.750. The molecule has 0 aromatic rings. The lowest BCUT2D eigenvalue weighted by molar-refractivity contribution is -0.187. The van der Waals surface area contributed by atoms with Crippen LogP contribution in [0.2, 0.25) is 0 Å². The highest BCUT2D eigenvalue weighted by molar-refractivity contribution is 5.99. The maximum absolute atomic E-state index is 13.0. The van der Waals surface area contributed by atoms with Crippen LogP contribution in [0.15, 0.2) is 36.0 Å². The summed E-state index contributed by atoms with van der Waals surface area (Å²) >= 11 is 0. The third-order valence-corrected chi connectivity index (χ3v) is 6.56. The molecule has 1 saturated heterocycles. The van der Waals surface area contributed by atoms with Gasteiger partial charge in [0.05, 0.1) is 11.3 Å². The Labute approximate surface area is 169 Å². The number of ketones is 1. The van der Waals surface area contributed by atoms with Crippen molar-refractivity contribution in [2.75, 3.05) is 0 Å². The topological polar surface area (TPSA) is 96.0 Å². The Balaban J connectivity index is 2.20. The van der Waals surface area contributed by atoms with E-state index in [9.17, 15) is 19.2 Å². The average molecular weight is 402 g/mol. The van der Waals surface area contributed by atoms with E-state index in [1.54, 1.807) is 32.9 Å². The van der Waals surface area contributed by atoms with E-state index < -0.39 is 47.6 Å². The molecule has 0 N–H and O–H groups in total. The second-order valence-corrected chi connectivity index (χ2v) is 8.18. The van der Waals surface area contributed by atoms with Crippen molar-refractivity contribution < 1.29 is 33.4 Å². The number of hydrogen-bond donors (Lipinski definition) is 0. The van der Waals surface area contributed by atoms with E-state index in [1.807, 2.05) is 6.92 Å². The molecule has 2 fully saturated rings. The van der Waals surface area contributed by atoms with Gasteiger partial charge in [-0.25, -0.2) is 9.59 Å². The first-order valence-corrected chi connectivity index (χ1v) is 9.67. The van der Waals surface area contributed by atoms with Gasteiger partial charge in [-0.2, -0.15) is 0 Å². The minimum Gasteiger partial charge on any atom is -0.458 e. The highest BCUT2D eigenvalue weighted by Crippen LogP contribution is 2.55. The maximum Gasteiger partial charge on any atom is 0.334 e. The van der Waals surface area contributed by atoms with Gasteiger partial charge in [0.15, 0.2) is 5.78 Å². The standard InChI is InChI=1S/C22H26O7/c1-7-10(2)20(25)29-19-16-12(4)21(26)28-17(18(16)27-13(5)23)11(3)14-8-9-15(24)22(14,19)6/h7-9,11,14,16-19H,4H2,1-3,5-6H3/b10-7-/t11-,14-,16+,17+,18-,19-,22-/m0/s1. The second kappa shape index (κ2) is 7.28. The molecule has 7 atom stereocenters. The lowest BCUT2D eigenvalue weighted by Crippen LogP contribution is -2.54. The SMILES string of the molecule is C=C1C(=O)O[C@@H]2[C@@H](C)[C@@H]3C=CC(=O)[C@@]3(C)[C@@H](OC(=O)/C(C)=C\C)[C@H]1[C@@H]2OC(C)=O. The molecule has 0 amide bonds. The first-order valence-electron chi connectivity index (χ1n) is 9.67. The van der Waals surface area contributed by atoms with Gasteiger partial charge in [0.1, 0.15) is 18.3 Å². The van der Waals surface area contributed by atoms with Crippen LogP contribution in [-0.4, -0.2) is 42.0 Å². The van der Waals surface area contributed by atoms with Crippen LogP contribution in [0.4, 0.5) is 0 Å². The van der Waals surface area contributed by atoms with E-state index in [1.165, 1.54) is 13.0 Å². The molecule has 0 aromatic heterocycles. The van der Waals surface area contributed by atoms with Crippen molar-refractivity contribution in [2.24, 2.45) is 23.2 Å². The molecule has 0 unspecified atom stereocenters. The summed E-state index contributed by atoms with van der Waals surface area (Å²) in [6.45, 7) is 12.0. The van der Waals surface area contributed by atoms with E-state index in [0.717, 1.165) is 0 Å². The summed E-state index contributed by atoms with van der Waals surface area (Å²) < 4.78 is 17.0. The first-order chi connectivity index (χ1) is 13.5. The summed E-state index contributed by atoms with van der Waals surface area (Å²) in [7, 11) is 0. The average Bonchev–Trinajstić information content (AvgIpc) is 2.94. The van der Waals surface area contributed by atoms with E-state index >= 15 is 0 Å². The van der Waals surface area contributed by atoms with Crippen molar-refractivity contribution in [3.8, 4) is 0 Å². The summed E-state index contributed by atoms with van der Waals surface area (Å²) in [6, 6.07) is 0. The summed E-state index contributed by atoms with van der Waals surface area (Å²) in [4.78, 5) is 50.1. The molecule has 1 saturated carbocycles. The van der Waals surface area contributed by atoms with Crippen molar-refractivity contribution in [1.82, 2.24) is 0 Å². The zero-order valence-corrected chi connectivity index (χ0v) is 17.3. The molecule has 1 heterocycles. The summed E-state index contributed by atoms with van der Waals surface area (Å²) in [6.07, 6.45) is 2.12. The molecule has 3 rings (SSSR count). The number of hydrogen-bond acceptors (Lipinski definition) is 7. The van der Waals surface area contributed by atoms with E-state index in [4.69, 9.17) is 14.2 Å².